The average Bonchev–Trinajstić information content (AvgIpc) is 3.51. The second-order valence-corrected chi connectivity index (χ2v) is 9.61. The van der Waals surface area contributed by atoms with Crippen LogP contribution in [0.1, 0.15) is 42.5 Å². The lowest BCUT2D eigenvalue weighted by molar-refractivity contribution is 0.0903. The number of hydrogen-bond donors (Lipinski definition) is 1. The van der Waals surface area contributed by atoms with E-state index in [0.29, 0.717) is 6.04 Å². The van der Waals surface area contributed by atoms with Gasteiger partial charge in [-0.25, -0.2) is 15.0 Å². The average molecular weight is 458 g/mol. The van der Waals surface area contributed by atoms with Crippen LogP contribution in [0.3, 0.4) is 0 Å². The first-order valence-corrected chi connectivity index (χ1v) is 12.3. The number of hydrogen-bond acceptors (Lipinski definition) is 7. The Morgan fingerprint density at radius 2 is 1.59 bits per heavy atom. The lowest BCUT2D eigenvalue weighted by Gasteiger charge is -2.25. The number of ether oxygens (including phenoxy) is 1. The number of benzene rings is 1. The molecule has 3 aromatic heterocycles. The number of anilines is 2. The second kappa shape index (κ2) is 8.51. The molecule has 8 heteroatoms. The zero-order valence-corrected chi connectivity index (χ0v) is 20.1. The summed E-state index contributed by atoms with van der Waals surface area (Å²) in [6, 6.07) is 8.77. The minimum absolute atomic E-state index is 0.367. The highest BCUT2D eigenvalue weighted by molar-refractivity contribution is 5.80. The lowest BCUT2D eigenvalue weighted by atomic mass is 10.1. The van der Waals surface area contributed by atoms with Gasteiger partial charge >= 0.3 is 0 Å². The van der Waals surface area contributed by atoms with Gasteiger partial charge in [-0.15, -0.1) is 0 Å². The second-order valence-electron chi connectivity index (χ2n) is 9.61. The summed E-state index contributed by atoms with van der Waals surface area (Å²) in [7, 11) is 0. The minimum atomic E-state index is 0.367. The molecule has 4 aromatic rings. The number of nitrogens with zero attached hydrogens (tertiary/aromatic N) is 6. The van der Waals surface area contributed by atoms with Gasteiger partial charge in [0.05, 0.1) is 16.7 Å². The standard InChI is InChI=1S/C26H31N7O/c1-16-12-20-21(13-17(16)2)29-26(18(3)27-20)22-14-24-30-23(32-8-4-5-9-32)15-25(33(24)31-22)28-19-6-10-34-11-7-19/h12-15,19,28H,4-11H2,1-3H3. The van der Waals surface area contributed by atoms with Crippen LogP contribution in [0.15, 0.2) is 24.3 Å². The van der Waals surface area contributed by atoms with E-state index in [0.717, 1.165) is 84.5 Å². The maximum atomic E-state index is 5.56. The number of aryl methyl sites for hydroxylation is 3. The summed E-state index contributed by atoms with van der Waals surface area (Å²) in [5.41, 5.74) is 7.56. The molecule has 0 spiro atoms. The Morgan fingerprint density at radius 3 is 2.32 bits per heavy atom. The molecule has 8 nitrogen and oxygen atoms in total. The van der Waals surface area contributed by atoms with E-state index in [1.807, 2.05) is 17.5 Å². The molecule has 5 heterocycles. The Hall–Kier alpha value is -3.26. The highest BCUT2D eigenvalue weighted by atomic mass is 16.5. The minimum Gasteiger partial charge on any atom is -0.381 e. The molecular formula is C26H31N7O. The smallest absolute Gasteiger partial charge is 0.160 e. The van der Waals surface area contributed by atoms with E-state index in [-0.39, 0.29) is 0 Å². The third kappa shape index (κ3) is 3.86. The van der Waals surface area contributed by atoms with Gasteiger partial charge in [0.25, 0.3) is 0 Å². The molecule has 0 unspecified atom stereocenters. The third-order valence-electron chi connectivity index (χ3n) is 7.11. The fraction of sp³-hybridized carbons (Fsp3) is 0.462. The van der Waals surface area contributed by atoms with Crippen molar-refractivity contribution in [3.63, 3.8) is 0 Å². The molecule has 0 aliphatic carbocycles. The monoisotopic (exact) mass is 457 g/mol. The van der Waals surface area contributed by atoms with Crippen molar-refractivity contribution in [1.82, 2.24) is 24.6 Å². The van der Waals surface area contributed by atoms with E-state index in [4.69, 9.17) is 24.8 Å². The van der Waals surface area contributed by atoms with Gasteiger partial charge in [0, 0.05) is 44.5 Å². The SMILES string of the molecule is Cc1cc2nc(C)c(-c3cc4nc(N5CCCC5)cc(NC5CCOCC5)n4n3)nc2cc1C. The largest absolute Gasteiger partial charge is 0.381 e. The van der Waals surface area contributed by atoms with Crippen molar-refractivity contribution < 1.29 is 4.74 Å². The van der Waals surface area contributed by atoms with Crippen molar-refractivity contribution in [1.29, 1.82) is 0 Å². The van der Waals surface area contributed by atoms with E-state index in [2.05, 4.69) is 42.3 Å². The van der Waals surface area contributed by atoms with Crippen molar-refractivity contribution in [3.8, 4) is 11.4 Å². The summed E-state index contributed by atoms with van der Waals surface area (Å²) in [5.74, 6) is 1.99. The van der Waals surface area contributed by atoms with Crippen molar-refractivity contribution >= 4 is 28.3 Å². The van der Waals surface area contributed by atoms with Gasteiger partial charge in [0.15, 0.2) is 5.65 Å². The summed E-state index contributed by atoms with van der Waals surface area (Å²) in [4.78, 5) is 17.2. The summed E-state index contributed by atoms with van der Waals surface area (Å²) in [6.07, 6.45) is 4.41. The highest BCUT2D eigenvalue weighted by Gasteiger charge is 2.21. The molecule has 176 valence electrons. The molecule has 0 saturated carbocycles. The molecule has 1 aromatic carbocycles. The number of nitrogens with one attached hydrogen (secondary N) is 1. The Morgan fingerprint density at radius 1 is 0.882 bits per heavy atom. The van der Waals surface area contributed by atoms with Gasteiger partial charge in [0.1, 0.15) is 23.0 Å². The van der Waals surface area contributed by atoms with Gasteiger partial charge < -0.3 is 15.0 Å². The third-order valence-corrected chi connectivity index (χ3v) is 7.11. The fourth-order valence-electron chi connectivity index (χ4n) is 4.98. The maximum absolute atomic E-state index is 5.56. The fourth-order valence-corrected chi connectivity index (χ4v) is 4.98. The summed E-state index contributed by atoms with van der Waals surface area (Å²) >= 11 is 0. The summed E-state index contributed by atoms with van der Waals surface area (Å²) in [6.45, 7) is 9.91. The van der Waals surface area contributed by atoms with Crippen LogP contribution in [0.4, 0.5) is 11.6 Å². The van der Waals surface area contributed by atoms with Crippen LogP contribution >= 0.6 is 0 Å². The van der Waals surface area contributed by atoms with Crippen LogP contribution in [0, 0.1) is 20.8 Å². The first kappa shape index (κ1) is 21.3. The molecule has 2 fully saturated rings. The zero-order chi connectivity index (χ0) is 23.2. The first-order chi connectivity index (χ1) is 16.5. The Labute approximate surface area is 199 Å². The number of fused-ring (bicyclic) bond motifs is 2. The molecule has 6 rings (SSSR count). The van der Waals surface area contributed by atoms with Crippen LogP contribution in [-0.4, -0.2) is 56.9 Å². The molecular weight excluding hydrogens is 426 g/mol. The normalized spacial score (nSPS) is 17.2. The van der Waals surface area contributed by atoms with Crippen molar-refractivity contribution in [2.45, 2.75) is 52.5 Å². The van der Waals surface area contributed by atoms with Crippen LogP contribution in [0.2, 0.25) is 0 Å². The van der Waals surface area contributed by atoms with Gasteiger partial charge in [0.2, 0.25) is 0 Å². The number of rotatable bonds is 4. The van der Waals surface area contributed by atoms with E-state index in [1.165, 1.54) is 24.0 Å². The molecule has 2 aliphatic heterocycles. The highest BCUT2D eigenvalue weighted by Crippen LogP contribution is 2.29. The van der Waals surface area contributed by atoms with E-state index in [9.17, 15) is 0 Å². The predicted molar refractivity (Wildman–Crippen MR) is 135 cm³/mol. The van der Waals surface area contributed by atoms with Crippen molar-refractivity contribution in [2.75, 3.05) is 36.5 Å². The quantitative estimate of drug-likeness (QED) is 0.485. The zero-order valence-electron chi connectivity index (χ0n) is 20.1. The lowest BCUT2D eigenvalue weighted by Crippen LogP contribution is -2.29. The van der Waals surface area contributed by atoms with Gasteiger partial charge in [-0.2, -0.15) is 9.61 Å². The Bertz CT molecular complexity index is 1370. The molecule has 0 atom stereocenters. The molecule has 0 radical (unpaired) electrons. The van der Waals surface area contributed by atoms with Crippen LogP contribution in [-0.2, 0) is 4.74 Å². The van der Waals surface area contributed by atoms with Gasteiger partial charge in [-0.3, -0.25) is 0 Å². The molecule has 1 N–H and O–H groups in total. The van der Waals surface area contributed by atoms with Crippen LogP contribution in [0.5, 0.6) is 0 Å². The van der Waals surface area contributed by atoms with Crippen molar-refractivity contribution in [2.24, 2.45) is 0 Å². The van der Waals surface area contributed by atoms with E-state index >= 15 is 0 Å². The maximum Gasteiger partial charge on any atom is 0.160 e. The van der Waals surface area contributed by atoms with Crippen LogP contribution < -0.4 is 10.2 Å². The van der Waals surface area contributed by atoms with Gasteiger partial charge in [-0.1, -0.05) is 0 Å². The predicted octanol–water partition coefficient (Wildman–Crippen LogP) is 4.46. The Balaban J connectivity index is 1.46. The molecule has 2 aliphatic rings. The molecule has 0 bridgehead atoms. The summed E-state index contributed by atoms with van der Waals surface area (Å²) in [5, 5.41) is 8.69. The molecule has 2 saturated heterocycles. The first-order valence-electron chi connectivity index (χ1n) is 12.3. The molecule has 34 heavy (non-hydrogen) atoms. The number of aromatic nitrogens is 5. The van der Waals surface area contributed by atoms with Crippen molar-refractivity contribution in [3.05, 3.63) is 41.1 Å². The topological polar surface area (TPSA) is 80.5 Å². The van der Waals surface area contributed by atoms with E-state index < -0.39 is 0 Å². The Kier molecular flexibility index (Phi) is 5.32. The molecule has 0 amide bonds. The van der Waals surface area contributed by atoms with Crippen LogP contribution in [0.25, 0.3) is 28.1 Å². The summed E-state index contributed by atoms with van der Waals surface area (Å²) < 4.78 is 7.48. The van der Waals surface area contributed by atoms with E-state index in [1.54, 1.807) is 0 Å². The van der Waals surface area contributed by atoms with Gasteiger partial charge in [-0.05, 0) is 69.7 Å².